The highest BCUT2D eigenvalue weighted by Gasteiger charge is 2.30. The van der Waals surface area contributed by atoms with Crippen LogP contribution in [0.5, 0.6) is 0 Å². The summed E-state index contributed by atoms with van der Waals surface area (Å²) in [4.78, 5) is 29.8. The van der Waals surface area contributed by atoms with E-state index in [9.17, 15) is 10.2 Å². The van der Waals surface area contributed by atoms with Gasteiger partial charge in [-0.1, -0.05) is 54.6 Å². The molecule has 9 heterocycles. The van der Waals surface area contributed by atoms with Gasteiger partial charge in [-0.05, 0) is 188 Å². The van der Waals surface area contributed by atoms with Crippen molar-refractivity contribution in [3.05, 3.63) is 251 Å². The van der Waals surface area contributed by atoms with Crippen LogP contribution in [0.1, 0.15) is 62.9 Å². The second-order valence-corrected chi connectivity index (χ2v) is 23.0. The minimum Gasteiger partial charge on any atom is -0.390 e. The number of hydrogen-bond donors (Lipinski definition) is 8. The van der Waals surface area contributed by atoms with Gasteiger partial charge in [0.15, 0.2) is 0 Å². The number of pyridine rings is 3. The predicted octanol–water partition coefficient (Wildman–Crippen LogP) is 14.2. The third-order valence-electron chi connectivity index (χ3n) is 17.7. The standard InChI is InChI=1S/C26H26N4O.C24H24N4O.C23H22N4/c31-25-8-6-21-24(10-13-28-26(21)25)30-14-11-17-15-19(5-7-23(17)30)27-12-9-18-16-29-22-4-2-1-3-20(18)22;29-16-20-14-21(8-11-26-20)28-12-9-17-13-19(5-6-24(17)28)25-10-7-18-15-27-23-4-2-1-3-22(18)23;1-2-4-22-21(3-1)18(16-26-22)7-13-25-19-5-6-23-17(15-19)10-14-27(23)20-8-11-24-12-9-20/h1-5,7,10,13,15-16,25,27,29,31H,6,8-9,11-12,14H2;1-6,8,11,13-15,25,27,29H,7,9-10,12,16H2;1-6,8-9,11-12,15-16,25-26H,7,10,13-14H2. The molecule has 1 unspecified atom stereocenters. The molecule has 12 aromatic rings. The minimum absolute atomic E-state index is 0.0339. The van der Waals surface area contributed by atoms with Crippen molar-refractivity contribution in [1.82, 2.24) is 29.9 Å². The van der Waals surface area contributed by atoms with Gasteiger partial charge in [-0.15, -0.1) is 0 Å². The molecule has 0 bridgehead atoms. The Bertz CT molecular complexity index is 4360. The number of aromatic amines is 3. The summed E-state index contributed by atoms with van der Waals surface area (Å²) < 4.78 is 0. The van der Waals surface area contributed by atoms with Crippen molar-refractivity contribution in [2.75, 3.05) is 69.9 Å². The van der Waals surface area contributed by atoms with Crippen molar-refractivity contribution < 1.29 is 10.2 Å². The summed E-state index contributed by atoms with van der Waals surface area (Å²) in [6.45, 7) is 5.64. The van der Waals surface area contributed by atoms with Gasteiger partial charge in [0.1, 0.15) is 0 Å². The maximum atomic E-state index is 10.2. The monoisotopic (exact) mass is 1150 g/mol. The third-order valence-corrected chi connectivity index (χ3v) is 17.7. The Labute approximate surface area is 507 Å². The van der Waals surface area contributed by atoms with Gasteiger partial charge in [-0.25, -0.2) is 0 Å². The highest BCUT2D eigenvalue weighted by molar-refractivity contribution is 5.85. The zero-order valence-corrected chi connectivity index (χ0v) is 48.8. The van der Waals surface area contributed by atoms with Gasteiger partial charge in [0.05, 0.1) is 24.1 Å². The molecule has 16 rings (SSSR count). The molecule has 14 nitrogen and oxygen atoms in total. The van der Waals surface area contributed by atoms with E-state index < -0.39 is 6.10 Å². The van der Waals surface area contributed by atoms with Crippen LogP contribution in [0.4, 0.5) is 51.2 Å². The number of H-pyrrole nitrogens is 3. The lowest BCUT2D eigenvalue weighted by Crippen LogP contribution is -2.15. The average Bonchev–Trinajstić information content (AvgIpc) is 2.86. The van der Waals surface area contributed by atoms with E-state index in [1.54, 1.807) is 6.20 Å². The topological polar surface area (TPSA) is 172 Å². The molecule has 6 aromatic carbocycles. The highest BCUT2D eigenvalue weighted by atomic mass is 16.3. The molecule has 14 heteroatoms. The fourth-order valence-corrected chi connectivity index (χ4v) is 13.3. The first kappa shape index (κ1) is 55.0. The lowest BCUT2D eigenvalue weighted by Gasteiger charge is -2.22. The summed E-state index contributed by atoms with van der Waals surface area (Å²) in [5, 5.41) is 34.3. The van der Waals surface area contributed by atoms with E-state index in [-0.39, 0.29) is 6.61 Å². The van der Waals surface area contributed by atoms with E-state index in [0.717, 1.165) is 108 Å². The Kier molecular flexibility index (Phi) is 15.8. The lowest BCUT2D eigenvalue weighted by molar-refractivity contribution is 0.176. The molecule has 0 saturated carbocycles. The molecule has 4 aliphatic rings. The van der Waals surface area contributed by atoms with E-state index in [1.807, 2.05) is 30.7 Å². The fourth-order valence-electron chi connectivity index (χ4n) is 13.3. The summed E-state index contributed by atoms with van der Waals surface area (Å²) in [6.07, 6.45) is 21.0. The van der Waals surface area contributed by atoms with Gasteiger partial charge in [0.2, 0.25) is 0 Å². The summed E-state index contributed by atoms with van der Waals surface area (Å²) in [5.74, 6) is 0. The SMILES string of the molecule is OC1CCc2c(N3CCc4cc(NCCc5c[nH]c6ccccc56)ccc43)ccnc21.OCc1cc(N2CCc3cc(NCCc4c[nH]c5ccccc45)ccc32)ccn1.c1ccc2c(CCNc3ccc4c(c3)CCN4c3ccncc3)c[nH]c2c1. The molecule has 3 aliphatic heterocycles. The summed E-state index contributed by atoms with van der Waals surface area (Å²) >= 11 is 0. The fraction of sp³-hybridized carbons (Fsp3) is 0.219. The van der Waals surface area contributed by atoms with E-state index in [4.69, 9.17) is 0 Å². The normalized spacial score (nSPS) is 14.6. The first-order valence-corrected chi connectivity index (χ1v) is 30.7. The average molecular weight is 1150 g/mol. The zero-order chi connectivity index (χ0) is 58.5. The molecular weight excluding hydrogens is 1080 g/mol. The minimum atomic E-state index is -0.416. The van der Waals surface area contributed by atoms with Gasteiger partial charge >= 0.3 is 0 Å². The molecule has 436 valence electrons. The number of benzene rings is 6. The number of hydrogen-bond acceptors (Lipinski definition) is 11. The Morgan fingerprint density at radius 2 is 0.897 bits per heavy atom. The second-order valence-electron chi connectivity index (χ2n) is 23.0. The quantitative estimate of drug-likeness (QED) is 0.0463. The van der Waals surface area contributed by atoms with Crippen molar-refractivity contribution in [2.45, 2.75) is 64.1 Å². The number of rotatable bonds is 16. The molecule has 1 atom stereocenters. The number of nitrogens with zero attached hydrogens (tertiary/aromatic N) is 6. The number of anilines is 9. The van der Waals surface area contributed by atoms with Crippen molar-refractivity contribution in [3.63, 3.8) is 0 Å². The number of nitrogens with one attached hydrogen (secondary N) is 6. The van der Waals surface area contributed by atoms with Gasteiger partial charge in [-0.3, -0.25) is 15.0 Å². The van der Waals surface area contributed by atoms with E-state index in [1.165, 1.54) is 111 Å². The van der Waals surface area contributed by atoms with Crippen LogP contribution in [0.3, 0.4) is 0 Å². The number of fused-ring (bicyclic) bond motifs is 7. The Morgan fingerprint density at radius 1 is 0.448 bits per heavy atom. The van der Waals surface area contributed by atoms with Crippen LogP contribution in [-0.4, -0.2) is 79.4 Å². The first-order chi connectivity index (χ1) is 43.0. The second kappa shape index (κ2) is 25.0. The van der Waals surface area contributed by atoms with Gasteiger partial charge < -0.3 is 55.8 Å². The van der Waals surface area contributed by atoms with Crippen molar-refractivity contribution in [2.24, 2.45) is 0 Å². The molecule has 6 aromatic heterocycles. The van der Waals surface area contributed by atoms with Crippen LogP contribution in [-0.2, 0) is 51.6 Å². The van der Waals surface area contributed by atoms with Crippen molar-refractivity contribution in [3.8, 4) is 0 Å². The number of aromatic nitrogens is 6. The molecule has 1 aliphatic carbocycles. The van der Waals surface area contributed by atoms with E-state index >= 15 is 0 Å². The number of aliphatic hydroxyl groups is 2. The largest absolute Gasteiger partial charge is 0.390 e. The molecule has 0 fully saturated rings. The molecule has 0 radical (unpaired) electrons. The van der Waals surface area contributed by atoms with Crippen molar-refractivity contribution in [1.29, 1.82) is 0 Å². The third kappa shape index (κ3) is 11.7. The van der Waals surface area contributed by atoms with Crippen molar-refractivity contribution >= 4 is 83.9 Å². The maximum absolute atomic E-state index is 10.2. The summed E-state index contributed by atoms with van der Waals surface area (Å²) in [5.41, 5.74) is 25.4. The number of aliphatic hydroxyl groups excluding tert-OH is 2. The smallest absolute Gasteiger partial charge is 0.0966 e. The van der Waals surface area contributed by atoms with Crippen LogP contribution < -0.4 is 30.7 Å². The Balaban J connectivity index is 0.000000115. The number of para-hydroxylation sites is 3. The maximum Gasteiger partial charge on any atom is 0.0966 e. The summed E-state index contributed by atoms with van der Waals surface area (Å²) in [6, 6.07) is 55.6. The zero-order valence-electron chi connectivity index (χ0n) is 48.8. The van der Waals surface area contributed by atoms with E-state index in [0.29, 0.717) is 5.69 Å². The van der Waals surface area contributed by atoms with Crippen LogP contribution in [0, 0.1) is 0 Å². The molecule has 0 saturated heterocycles. The Hall–Kier alpha value is -9.89. The molecule has 8 N–H and O–H groups in total. The Morgan fingerprint density at radius 3 is 1.40 bits per heavy atom. The predicted molar refractivity (Wildman–Crippen MR) is 355 cm³/mol. The van der Waals surface area contributed by atoms with Gasteiger partial charge in [-0.2, -0.15) is 0 Å². The lowest BCUT2D eigenvalue weighted by atomic mass is 10.1. The van der Waals surface area contributed by atoms with Crippen LogP contribution in [0.25, 0.3) is 32.7 Å². The van der Waals surface area contributed by atoms with Gasteiger partial charge in [0, 0.05) is 172 Å². The van der Waals surface area contributed by atoms with Crippen LogP contribution in [0.2, 0.25) is 0 Å². The van der Waals surface area contributed by atoms with Crippen LogP contribution in [0.15, 0.2) is 201 Å². The first-order valence-electron chi connectivity index (χ1n) is 30.7. The van der Waals surface area contributed by atoms with Gasteiger partial charge in [0.25, 0.3) is 0 Å². The highest BCUT2D eigenvalue weighted by Crippen LogP contribution is 2.43. The summed E-state index contributed by atoms with van der Waals surface area (Å²) in [7, 11) is 0. The van der Waals surface area contributed by atoms with Crippen LogP contribution >= 0.6 is 0 Å². The molecular formula is C73H72N12O2. The van der Waals surface area contributed by atoms with E-state index in [2.05, 4.69) is 225 Å². The molecule has 87 heavy (non-hydrogen) atoms. The molecule has 0 spiro atoms. The molecule has 0 amide bonds.